The van der Waals surface area contributed by atoms with E-state index in [9.17, 15) is 4.79 Å². The highest BCUT2D eigenvalue weighted by Crippen LogP contribution is 1.71. The number of carbonyl (C=O) groups excluding carboxylic acids is 1. The molecule has 0 fully saturated rings. The maximum absolute atomic E-state index is 9.98. The third kappa shape index (κ3) is 5.53. The van der Waals surface area contributed by atoms with Crippen molar-refractivity contribution in [3.8, 4) is 0 Å². The molecule has 0 rings (SSSR count). The molecule has 0 aromatic rings. The Kier molecular flexibility index (Phi) is 3.47. The first-order valence-electron chi connectivity index (χ1n) is 2.40. The van der Waals surface area contributed by atoms with Crippen LogP contribution in [-0.4, -0.2) is 19.8 Å². The topological polar surface area (TPSA) is 26.3 Å². The first-order valence-corrected chi connectivity index (χ1v) is 2.40. The molecule has 0 aromatic carbocycles. The minimum Gasteiger partial charge on any atom is -0.475 e. The SMILES string of the molecule is CBCOC(C)=O. The van der Waals surface area contributed by atoms with Gasteiger partial charge in [-0.1, -0.05) is 6.82 Å². The Morgan fingerprint density at radius 1 is 1.86 bits per heavy atom. The Morgan fingerprint density at radius 3 is 2.57 bits per heavy atom. The second kappa shape index (κ2) is 3.72. The molecule has 0 bridgehead atoms. The van der Waals surface area contributed by atoms with Crippen LogP contribution in [0.3, 0.4) is 0 Å². The van der Waals surface area contributed by atoms with Crippen molar-refractivity contribution in [2.45, 2.75) is 13.7 Å². The highest BCUT2D eigenvalue weighted by Gasteiger charge is 1.86. The molecule has 40 valence electrons. The quantitative estimate of drug-likeness (QED) is 0.360. The Balaban J connectivity index is 2.82. The van der Waals surface area contributed by atoms with Gasteiger partial charge in [-0.25, -0.2) is 0 Å². The lowest BCUT2D eigenvalue weighted by Crippen LogP contribution is -2.03. The lowest BCUT2D eigenvalue weighted by molar-refractivity contribution is -0.138. The molecule has 0 atom stereocenters. The summed E-state index contributed by atoms with van der Waals surface area (Å²) in [5.74, 6) is -0.193. The molecule has 0 radical (unpaired) electrons. The molecule has 0 aromatic heterocycles. The smallest absolute Gasteiger partial charge is 0.301 e. The van der Waals surface area contributed by atoms with Gasteiger partial charge in [0.2, 0.25) is 0 Å². The first-order chi connectivity index (χ1) is 3.27. The van der Waals surface area contributed by atoms with Crippen LogP contribution >= 0.6 is 0 Å². The van der Waals surface area contributed by atoms with Gasteiger partial charge >= 0.3 is 5.97 Å². The zero-order valence-corrected chi connectivity index (χ0v) is 4.73. The summed E-state index contributed by atoms with van der Waals surface area (Å²) in [4.78, 5) is 9.98. The number of esters is 1. The van der Waals surface area contributed by atoms with Crippen molar-refractivity contribution in [2.75, 3.05) is 6.51 Å². The summed E-state index contributed by atoms with van der Waals surface area (Å²) >= 11 is 0. The fourth-order valence-electron chi connectivity index (χ4n) is 0.246. The second-order valence-electron chi connectivity index (χ2n) is 1.34. The zero-order valence-electron chi connectivity index (χ0n) is 4.73. The van der Waals surface area contributed by atoms with Crippen molar-refractivity contribution in [3.63, 3.8) is 0 Å². The molecule has 0 N–H and O–H groups in total. The van der Waals surface area contributed by atoms with Gasteiger partial charge in [-0.15, -0.1) is 0 Å². The largest absolute Gasteiger partial charge is 0.475 e. The van der Waals surface area contributed by atoms with E-state index in [-0.39, 0.29) is 5.97 Å². The molecule has 0 aliphatic rings. The molecule has 0 saturated carbocycles. The normalized spacial score (nSPS) is 7.71. The molecular formula is C4H9BO2. The number of rotatable bonds is 2. The molecule has 0 heterocycles. The monoisotopic (exact) mass is 100 g/mol. The maximum Gasteiger partial charge on any atom is 0.301 e. The molecular weight excluding hydrogens is 90.9 g/mol. The van der Waals surface area contributed by atoms with E-state index in [1.165, 1.54) is 6.92 Å². The third-order valence-electron chi connectivity index (χ3n) is 0.509. The van der Waals surface area contributed by atoms with Gasteiger partial charge in [0.1, 0.15) is 0 Å². The number of hydrogen-bond donors (Lipinski definition) is 0. The minimum absolute atomic E-state index is 0.193. The average molecular weight is 99.9 g/mol. The van der Waals surface area contributed by atoms with Crippen LogP contribution in [0.2, 0.25) is 6.82 Å². The fraction of sp³-hybridized carbons (Fsp3) is 0.750. The zero-order chi connectivity index (χ0) is 5.70. The predicted octanol–water partition coefficient (Wildman–Crippen LogP) is -0.00840. The van der Waals surface area contributed by atoms with Crippen molar-refractivity contribution < 1.29 is 9.53 Å². The Bertz CT molecular complexity index is 62.7. The van der Waals surface area contributed by atoms with Crippen molar-refractivity contribution in [2.24, 2.45) is 0 Å². The summed E-state index contributed by atoms with van der Waals surface area (Å²) in [7, 11) is 0.902. The van der Waals surface area contributed by atoms with Crippen LogP contribution in [0.4, 0.5) is 0 Å². The molecule has 0 aliphatic heterocycles. The molecule has 0 amide bonds. The number of hydrogen-bond acceptors (Lipinski definition) is 2. The van der Waals surface area contributed by atoms with Crippen LogP contribution in [0.5, 0.6) is 0 Å². The van der Waals surface area contributed by atoms with Crippen molar-refractivity contribution in [1.29, 1.82) is 0 Å². The van der Waals surface area contributed by atoms with E-state index in [0.29, 0.717) is 6.51 Å². The molecule has 0 spiro atoms. The van der Waals surface area contributed by atoms with Crippen molar-refractivity contribution in [1.82, 2.24) is 0 Å². The van der Waals surface area contributed by atoms with Gasteiger partial charge in [0.05, 0.1) is 6.51 Å². The summed E-state index contributed by atoms with van der Waals surface area (Å²) < 4.78 is 4.55. The Morgan fingerprint density at radius 2 is 2.43 bits per heavy atom. The van der Waals surface area contributed by atoms with Gasteiger partial charge in [0.15, 0.2) is 7.28 Å². The average Bonchev–Trinajstić information content (AvgIpc) is 1.61. The van der Waals surface area contributed by atoms with Crippen molar-refractivity contribution in [3.05, 3.63) is 0 Å². The number of carbonyl (C=O) groups is 1. The van der Waals surface area contributed by atoms with Gasteiger partial charge in [-0.3, -0.25) is 4.79 Å². The molecule has 2 nitrogen and oxygen atoms in total. The van der Waals surface area contributed by atoms with E-state index in [1.54, 1.807) is 0 Å². The second-order valence-corrected chi connectivity index (χ2v) is 1.34. The van der Waals surface area contributed by atoms with E-state index < -0.39 is 0 Å². The van der Waals surface area contributed by atoms with Crippen LogP contribution < -0.4 is 0 Å². The van der Waals surface area contributed by atoms with Crippen LogP contribution in [0.1, 0.15) is 6.92 Å². The molecule has 3 heteroatoms. The van der Waals surface area contributed by atoms with Crippen LogP contribution in [0.15, 0.2) is 0 Å². The van der Waals surface area contributed by atoms with E-state index >= 15 is 0 Å². The molecule has 0 unspecified atom stereocenters. The standard InChI is InChI=1S/C4H9BO2/c1-4(6)7-3-5-2/h5H,3H2,1-2H3. The summed E-state index contributed by atoms with van der Waals surface area (Å²) in [5, 5.41) is 0. The van der Waals surface area contributed by atoms with Crippen molar-refractivity contribution >= 4 is 13.2 Å². The Hall–Kier alpha value is -0.465. The van der Waals surface area contributed by atoms with Crippen LogP contribution in [0, 0.1) is 0 Å². The van der Waals surface area contributed by atoms with Crippen LogP contribution in [-0.2, 0) is 9.53 Å². The summed E-state index contributed by atoms with van der Waals surface area (Å²) in [6, 6.07) is 0. The van der Waals surface area contributed by atoms with Crippen LogP contribution in [0.25, 0.3) is 0 Å². The van der Waals surface area contributed by atoms with E-state index in [4.69, 9.17) is 0 Å². The summed E-state index contributed by atoms with van der Waals surface area (Å²) in [5.41, 5.74) is 0. The fourth-order valence-corrected chi connectivity index (χ4v) is 0.246. The van der Waals surface area contributed by atoms with E-state index in [0.717, 1.165) is 7.28 Å². The molecule has 0 saturated heterocycles. The van der Waals surface area contributed by atoms with Gasteiger partial charge in [-0.2, -0.15) is 0 Å². The highest BCUT2D eigenvalue weighted by atomic mass is 16.5. The lowest BCUT2D eigenvalue weighted by Gasteiger charge is -1.93. The number of ether oxygens (including phenoxy) is 1. The highest BCUT2D eigenvalue weighted by molar-refractivity contribution is 6.33. The van der Waals surface area contributed by atoms with Gasteiger partial charge < -0.3 is 4.74 Å². The van der Waals surface area contributed by atoms with Gasteiger partial charge in [0.25, 0.3) is 0 Å². The molecule has 0 aliphatic carbocycles. The van der Waals surface area contributed by atoms with E-state index in [2.05, 4.69) is 4.74 Å². The predicted molar refractivity (Wildman–Crippen MR) is 29.6 cm³/mol. The Labute approximate surface area is 44.1 Å². The summed E-state index contributed by atoms with van der Waals surface area (Å²) in [6.45, 7) is 3.92. The van der Waals surface area contributed by atoms with Gasteiger partial charge in [-0.05, 0) is 0 Å². The summed E-state index contributed by atoms with van der Waals surface area (Å²) in [6.07, 6.45) is 0. The van der Waals surface area contributed by atoms with Gasteiger partial charge in [0, 0.05) is 6.92 Å². The minimum atomic E-state index is -0.193. The van der Waals surface area contributed by atoms with E-state index in [1.807, 2.05) is 6.82 Å². The maximum atomic E-state index is 9.98. The lowest BCUT2D eigenvalue weighted by atomic mass is 9.85. The first kappa shape index (κ1) is 6.53. The molecule has 7 heavy (non-hydrogen) atoms. The third-order valence-corrected chi connectivity index (χ3v) is 0.509.